The van der Waals surface area contributed by atoms with Gasteiger partial charge in [-0.3, -0.25) is 9.69 Å². The van der Waals surface area contributed by atoms with Crippen LogP contribution in [-0.2, 0) is 9.53 Å². The highest BCUT2D eigenvalue weighted by molar-refractivity contribution is 6.31. The monoisotopic (exact) mass is 402 g/mol. The number of hydrogen-bond acceptors (Lipinski definition) is 6. The minimum absolute atomic E-state index is 0.0333. The maximum Gasteiger partial charge on any atom is 0.327 e. The average molecular weight is 403 g/mol. The molecule has 2 aromatic rings. The topological polar surface area (TPSA) is 67.7 Å². The van der Waals surface area contributed by atoms with Gasteiger partial charge in [0, 0.05) is 49.6 Å². The molecule has 4 rings (SSSR count). The molecule has 0 spiro atoms. The Labute approximate surface area is 168 Å². The number of rotatable bonds is 5. The molecule has 1 aromatic heterocycles. The normalized spacial score (nSPS) is 18.7. The minimum Gasteiger partial charge on any atom is -0.468 e. The van der Waals surface area contributed by atoms with Crippen LogP contribution in [0.4, 0.5) is 5.82 Å². The molecule has 1 aliphatic carbocycles. The lowest BCUT2D eigenvalue weighted by atomic mass is 10.0. The number of halogens is 1. The number of esters is 1. The fourth-order valence-corrected chi connectivity index (χ4v) is 3.98. The van der Waals surface area contributed by atoms with E-state index >= 15 is 0 Å². The summed E-state index contributed by atoms with van der Waals surface area (Å²) in [7, 11) is 1.39. The molecule has 0 radical (unpaired) electrons. The maximum absolute atomic E-state index is 12.7. The van der Waals surface area contributed by atoms with Gasteiger partial charge in [0.25, 0.3) is 5.56 Å². The first kappa shape index (κ1) is 19.0. The third-order valence-corrected chi connectivity index (χ3v) is 5.74. The molecule has 1 atom stereocenters. The van der Waals surface area contributed by atoms with Crippen LogP contribution in [0.15, 0.2) is 41.5 Å². The van der Waals surface area contributed by atoms with Crippen molar-refractivity contribution in [3.63, 3.8) is 0 Å². The zero-order valence-electron chi connectivity index (χ0n) is 15.8. The number of carbonyl (C=O) groups excluding carboxylic acids is 1. The molecule has 1 aliphatic heterocycles. The predicted molar refractivity (Wildman–Crippen MR) is 107 cm³/mol. The lowest BCUT2D eigenvalue weighted by Crippen LogP contribution is -2.51. The molecule has 148 valence electrons. The van der Waals surface area contributed by atoms with Crippen LogP contribution in [-0.4, -0.2) is 53.7 Å². The molecule has 28 heavy (non-hydrogen) atoms. The molecule has 0 bridgehead atoms. The van der Waals surface area contributed by atoms with Crippen LogP contribution < -0.4 is 10.5 Å². The van der Waals surface area contributed by atoms with E-state index in [-0.39, 0.29) is 11.5 Å². The van der Waals surface area contributed by atoms with Crippen molar-refractivity contribution in [1.29, 1.82) is 0 Å². The van der Waals surface area contributed by atoms with Crippen molar-refractivity contribution in [1.82, 2.24) is 14.5 Å². The second-order valence-electron chi connectivity index (χ2n) is 7.16. The third kappa shape index (κ3) is 3.64. The van der Waals surface area contributed by atoms with Gasteiger partial charge in [0.1, 0.15) is 6.04 Å². The maximum atomic E-state index is 12.7. The predicted octanol–water partition coefficient (Wildman–Crippen LogP) is 2.27. The number of methoxy groups -OCH3 is 1. The number of piperazine rings is 1. The molecular weight excluding hydrogens is 380 g/mol. The largest absolute Gasteiger partial charge is 0.468 e. The van der Waals surface area contributed by atoms with Gasteiger partial charge in [-0.1, -0.05) is 29.8 Å². The molecule has 0 amide bonds. The van der Waals surface area contributed by atoms with E-state index in [4.69, 9.17) is 16.3 Å². The molecule has 2 heterocycles. The Hall–Kier alpha value is -2.38. The first-order chi connectivity index (χ1) is 13.6. The van der Waals surface area contributed by atoms with Gasteiger partial charge < -0.3 is 14.2 Å². The number of carbonyl (C=O) groups is 1. The van der Waals surface area contributed by atoms with Crippen LogP contribution in [0.3, 0.4) is 0 Å². The molecule has 0 N–H and O–H groups in total. The van der Waals surface area contributed by atoms with Crippen molar-refractivity contribution < 1.29 is 9.53 Å². The Kier molecular flexibility index (Phi) is 5.37. The Bertz CT molecular complexity index is 920. The summed E-state index contributed by atoms with van der Waals surface area (Å²) in [6.07, 6.45) is 5.57. The first-order valence-corrected chi connectivity index (χ1v) is 9.86. The number of aromatic nitrogens is 2. The fourth-order valence-electron chi connectivity index (χ4n) is 3.74. The number of nitrogens with zero attached hydrogens (tertiary/aromatic N) is 4. The average Bonchev–Trinajstić information content (AvgIpc) is 3.55. The quantitative estimate of drug-likeness (QED) is 0.715. The van der Waals surface area contributed by atoms with Gasteiger partial charge in [-0.25, -0.2) is 9.78 Å². The van der Waals surface area contributed by atoms with Crippen LogP contribution in [0.25, 0.3) is 0 Å². The third-order valence-electron chi connectivity index (χ3n) is 5.39. The molecule has 8 heteroatoms. The van der Waals surface area contributed by atoms with Gasteiger partial charge in [0.05, 0.1) is 7.11 Å². The van der Waals surface area contributed by atoms with Gasteiger partial charge in [-0.05, 0) is 24.5 Å². The number of hydrogen-bond donors (Lipinski definition) is 0. The second-order valence-corrected chi connectivity index (χ2v) is 7.57. The van der Waals surface area contributed by atoms with Gasteiger partial charge in [0.15, 0.2) is 5.82 Å². The van der Waals surface area contributed by atoms with Crippen LogP contribution in [0.1, 0.15) is 30.5 Å². The smallest absolute Gasteiger partial charge is 0.327 e. The Morgan fingerprint density at radius 3 is 2.57 bits per heavy atom. The van der Waals surface area contributed by atoms with E-state index in [0.717, 1.165) is 18.4 Å². The summed E-state index contributed by atoms with van der Waals surface area (Å²) < 4.78 is 6.82. The summed E-state index contributed by atoms with van der Waals surface area (Å²) in [6.45, 7) is 2.42. The van der Waals surface area contributed by atoms with E-state index in [0.29, 0.717) is 43.1 Å². The highest BCUT2D eigenvalue weighted by Gasteiger charge is 2.34. The SMILES string of the molecule is COC(=O)[C@@H](c1ccccc1Cl)N1CCN(c2nccn(C3CC3)c2=O)CC1. The van der Waals surface area contributed by atoms with Crippen molar-refractivity contribution in [2.24, 2.45) is 0 Å². The summed E-state index contributed by atoms with van der Waals surface area (Å²) >= 11 is 6.34. The fraction of sp³-hybridized carbons (Fsp3) is 0.450. The summed E-state index contributed by atoms with van der Waals surface area (Å²) in [5.74, 6) is 0.150. The summed E-state index contributed by atoms with van der Waals surface area (Å²) in [5, 5.41) is 0.539. The van der Waals surface area contributed by atoms with Crippen LogP contribution in [0.5, 0.6) is 0 Å². The molecule has 1 aromatic carbocycles. The summed E-state index contributed by atoms with van der Waals surface area (Å²) in [4.78, 5) is 33.6. The van der Waals surface area contributed by atoms with Crippen molar-refractivity contribution in [2.45, 2.75) is 24.9 Å². The van der Waals surface area contributed by atoms with Gasteiger partial charge >= 0.3 is 5.97 Å². The van der Waals surface area contributed by atoms with E-state index in [1.165, 1.54) is 7.11 Å². The number of ether oxygens (including phenoxy) is 1. The van der Waals surface area contributed by atoms with Crippen LogP contribution in [0, 0.1) is 0 Å². The van der Waals surface area contributed by atoms with Crippen LogP contribution in [0.2, 0.25) is 5.02 Å². The van der Waals surface area contributed by atoms with Gasteiger partial charge in [-0.15, -0.1) is 0 Å². The van der Waals surface area contributed by atoms with Crippen molar-refractivity contribution in [2.75, 3.05) is 38.2 Å². The summed E-state index contributed by atoms with van der Waals surface area (Å²) in [5.41, 5.74) is 0.701. The lowest BCUT2D eigenvalue weighted by Gasteiger charge is -2.38. The van der Waals surface area contributed by atoms with E-state index in [2.05, 4.69) is 4.98 Å². The van der Waals surface area contributed by atoms with E-state index in [1.807, 2.05) is 28.0 Å². The molecular formula is C20H23ClN4O3. The zero-order chi connectivity index (χ0) is 19.7. The molecule has 1 saturated carbocycles. The van der Waals surface area contributed by atoms with E-state index in [1.54, 1.807) is 23.0 Å². The molecule has 1 saturated heterocycles. The highest BCUT2D eigenvalue weighted by Crippen LogP contribution is 2.33. The second kappa shape index (κ2) is 7.93. The Morgan fingerprint density at radius 1 is 1.21 bits per heavy atom. The number of benzene rings is 1. The Morgan fingerprint density at radius 2 is 1.93 bits per heavy atom. The standard InChI is InChI=1S/C20H23ClN4O3/c1-28-20(27)17(15-4-2-3-5-16(15)21)23-10-12-24(13-11-23)18-19(26)25(9-8-22-18)14-6-7-14/h2-5,8-9,14,17H,6-7,10-13H2,1H3/t17-/m1/s1. The first-order valence-electron chi connectivity index (χ1n) is 9.48. The minimum atomic E-state index is -0.562. The molecule has 0 unspecified atom stereocenters. The molecule has 2 fully saturated rings. The molecule has 2 aliphatic rings. The van der Waals surface area contributed by atoms with Gasteiger partial charge in [0.2, 0.25) is 0 Å². The molecule has 7 nitrogen and oxygen atoms in total. The van der Waals surface area contributed by atoms with Crippen LogP contribution >= 0.6 is 11.6 Å². The zero-order valence-corrected chi connectivity index (χ0v) is 16.5. The summed E-state index contributed by atoms with van der Waals surface area (Å²) in [6, 6.07) is 7.08. The highest BCUT2D eigenvalue weighted by atomic mass is 35.5. The Balaban J connectivity index is 1.53. The number of anilines is 1. The van der Waals surface area contributed by atoms with Crippen molar-refractivity contribution >= 4 is 23.4 Å². The van der Waals surface area contributed by atoms with Gasteiger partial charge in [-0.2, -0.15) is 0 Å². The lowest BCUT2D eigenvalue weighted by molar-refractivity contribution is -0.147. The van der Waals surface area contributed by atoms with E-state index < -0.39 is 6.04 Å². The van der Waals surface area contributed by atoms with E-state index in [9.17, 15) is 9.59 Å². The van der Waals surface area contributed by atoms with Crippen molar-refractivity contribution in [3.8, 4) is 0 Å². The van der Waals surface area contributed by atoms with Crippen molar-refractivity contribution in [3.05, 3.63) is 57.6 Å².